The molecule has 2 N–H and O–H groups in total. The van der Waals surface area contributed by atoms with Crippen LogP contribution in [-0.4, -0.2) is 6.54 Å². The number of nitrogens with two attached hydrogens (primary N) is 1. The van der Waals surface area contributed by atoms with Crippen molar-refractivity contribution in [3.63, 3.8) is 0 Å². The normalized spacial score (nSPS) is 18.6. The molecule has 1 heteroatoms. The monoisotopic (exact) mass is 203 g/mol. The average molecular weight is 203 g/mol. The van der Waals surface area contributed by atoms with Crippen LogP contribution >= 0.6 is 0 Å². The maximum absolute atomic E-state index is 5.93. The fraction of sp³-hybridized carbons (Fsp3) is 0.571. The fourth-order valence-corrected chi connectivity index (χ4v) is 2.57. The van der Waals surface area contributed by atoms with Gasteiger partial charge in [-0.3, -0.25) is 0 Å². The number of hydrogen-bond donors (Lipinski definition) is 1. The lowest BCUT2D eigenvalue weighted by atomic mass is 9.72. The summed E-state index contributed by atoms with van der Waals surface area (Å²) < 4.78 is 0. The molecule has 0 aliphatic heterocycles. The van der Waals surface area contributed by atoms with E-state index in [0.29, 0.717) is 5.92 Å². The molecule has 1 fully saturated rings. The molecule has 0 amide bonds. The van der Waals surface area contributed by atoms with Gasteiger partial charge in [0.2, 0.25) is 0 Å². The van der Waals surface area contributed by atoms with Crippen LogP contribution in [0.4, 0.5) is 0 Å². The molecule has 0 heterocycles. The van der Waals surface area contributed by atoms with Crippen LogP contribution < -0.4 is 5.73 Å². The smallest absolute Gasteiger partial charge is 0.000546 e. The van der Waals surface area contributed by atoms with E-state index in [1.807, 2.05) is 0 Å². The Morgan fingerprint density at radius 1 is 1.33 bits per heavy atom. The van der Waals surface area contributed by atoms with Crippen molar-refractivity contribution in [1.29, 1.82) is 0 Å². The summed E-state index contributed by atoms with van der Waals surface area (Å²) in [5.74, 6) is 1.44. The Labute approximate surface area is 92.7 Å². The third kappa shape index (κ3) is 2.07. The summed E-state index contributed by atoms with van der Waals surface area (Å²) in [6.07, 6.45) is 4.14. The minimum Gasteiger partial charge on any atom is -0.330 e. The summed E-state index contributed by atoms with van der Waals surface area (Å²) in [6, 6.07) is 6.74. The Balaban J connectivity index is 2.28. The lowest BCUT2D eigenvalue weighted by Crippen LogP contribution is -2.27. The quantitative estimate of drug-likeness (QED) is 0.802. The van der Waals surface area contributed by atoms with Crippen LogP contribution in [0, 0.1) is 19.8 Å². The van der Waals surface area contributed by atoms with Crippen molar-refractivity contribution in [3.05, 3.63) is 34.9 Å². The molecule has 1 aliphatic rings. The molecule has 0 bridgehead atoms. The highest BCUT2D eigenvalue weighted by atomic mass is 14.6. The fourth-order valence-electron chi connectivity index (χ4n) is 2.57. The molecule has 2 rings (SSSR count). The number of aryl methyl sites for hydroxylation is 2. The van der Waals surface area contributed by atoms with E-state index in [1.54, 1.807) is 0 Å². The van der Waals surface area contributed by atoms with Crippen LogP contribution in [0.25, 0.3) is 0 Å². The van der Waals surface area contributed by atoms with Gasteiger partial charge in [0.15, 0.2) is 0 Å². The second kappa shape index (κ2) is 4.36. The molecule has 1 aromatic carbocycles. The van der Waals surface area contributed by atoms with Crippen LogP contribution in [0.3, 0.4) is 0 Å². The standard InChI is InChI=1S/C14H21N/c1-10-6-7-11(2)13(8-10)14(9-15)12-4-3-5-12/h6-8,12,14H,3-5,9,15H2,1-2H3. The zero-order valence-electron chi connectivity index (χ0n) is 9.79. The van der Waals surface area contributed by atoms with Gasteiger partial charge in [0, 0.05) is 0 Å². The van der Waals surface area contributed by atoms with Crippen molar-refractivity contribution in [2.24, 2.45) is 11.7 Å². The Bertz CT molecular complexity index is 339. The van der Waals surface area contributed by atoms with Crippen molar-refractivity contribution in [3.8, 4) is 0 Å². The second-order valence-electron chi connectivity index (χ2n) is 4.89. The van der Waals surface area contributed by atoms with Crippen LogP contribution in [-0.2, 0) is 0 Å². The second-order valence-corrected chi connectivity index (χ2v) is 4.89. The Morgan fingerprint density at radius 3 is 2.60 bits per heavy atom. The first-order chi connectivity index (χ1) is 7.22. The van der Waals surface area contributed by atoms with E-state index in [2.05, 4.69) is 32.0 Å². The Hall–Kier alpha value is -0.820. The average Bonchev–Trinajstić information content (AvgIpc) is 2.15. The first-order valence-corrected chi connectivity index (χ1v) is 5.99. The van der Waals surface area contributed by atoms with Gasteiger partial charge in [-0.1, -0.05) is 30.2 Å². The largest absolute Gasteiger partial charge is 0.330 e. The van der Waals surface area contributed by atoms with Crippen molar-refractivity contribution in [2.45, 2.75) is 39.0 Å². The summed E-state index contributed by atoms with van der Waals surface area (Å²) in [5, 5.41) is 0. The highest BCUT2D eigenvalue weighted by Crippen LogP contribution is 2.39. The van der Waals surface area contributed by atoms with Gasteiger partial charge in [-0.05, 0) is 56.2 Å². The van der Waals surface area contributed by atoms with E-state index in [9.17, 15) is 0 Å². The van der Waals surface area contributed by atoms with E-state index >= 15 is 0 Å². The van der Waals surface area contributed by atoms with Gasteiger partial charge in [-0.25, -0.2) is 0 Å². The Morgan fingerprint density at radius 2 is 2.07 bits per heavy atom. The zero-order valence-corrected chi connectivity index (χ0v) is 9.79. The molecule has 1 nitrogen and oxygen atoms in total. The molecule has 0 spiro atoms. The van der Waals surface area contributed by atoms with Crippen LogP contribution in [0.5, 0.6) is 0 Å². The lowest BCUT2D eigenvalue weighted by molar-refractivity contribution is 0.263. The molecule has 82 valence electrons. The van der Waals surface area contributed by atoms with Gasteiger partial charge >= 0.3 is 0 Å². The van der Waals surface area contributed by atoms with E-state index in [-0.39, 0.29) is 0 Å². The molecule has 1 aromatic rings. The Kier molecular flexibility index (Phi) is 3.11. The predicted molar refractivity (Wildman–Crippen MR) is 65.1 cm³/mol. The van der Waals surface area contributed by atoms with Crippen molar-refractivity contribution in [1.82, 2.24) is 0 Å². The molecule has 1 aliphatic carbocycles. The topological polar surface area (TPSA) is 26.0 Å². The summed E-state index contributed by atoms with van der Waals surface area (Å²) >= 11 is 0. The van der Waals surface area contributed by atoms with Gasteiger partial charge in [0.1, 0.15) is 0 Å². The summed E-state index contributed by atoms with van der Waals surface area (Å²) in [6.45, 7) is 5.17. The number of benzene rings is 1. The van der Waals surface area contributed by atoms with E-state index in [4.69, 9.17) is 5.73 Å². The minimum absolute atomic E-state index is 0.596. The first-order valence-electron chi connectivity index (χ1n) is 5.99. The summed E-state index contributed by atoms with van der Waals surface area (Å²) in [7, 11) is 0. The van der Waals surface area contributed by atoms with E-state index < -0.39 is 0 Å². The van der Waals surface area contributed by atoms with E-state index in [1.165, 1.54) is 36.0 Å². The third-order valence-corrected chi connectivity index (χ3v) is 3.81. The molecule has 1 atom stereocenters. The molecule has 1 unspecified atom stereocenters. The van der Waals surface area contributed by atoms with Gasteiger partial charge in [0.25, 0.3) is 0 Å². The van der Waals surface area contributed by atoms with Gasteiger partial charge in [-0.15, -0.1) is 0 Å². The lowest BCUT2D eigenvalue weighted by Gasteiger charge is -2.34. The molecule has 0 aromatic heterocycles. The maximum atomic E-state index is 5.93. The first kappa shape index (κ1) is 10.7. The number of hydrogen-bond acceptors (Lipinski definition) is 1. The molecular weight excluding hydrogens is 182 g/mol. The van der Waals surface area contributed by atoms with Crippen molar-refractivity contribution >= 4 is 0 Å². The minimum atomic E-state index is 0.596. The molecule has 0 radical (unpaired) electrons. The summed E-state index contributed by atoms with van der Waals surface area (Å²) in [4.78, 5) is 0. The predicted octanol–water partition coefficient (Wildman–Crippen LogP) is 3.15. The van der Waals surface area contributed by atoms with Crippen LogP contribution in [0.15, 0.2) is 18.2 Å². The van der Waals surface area contributed by atoms with Crippen LogP contribution in [0.2, 0.25) is 0 Å². The molecular formula is C14H21N. The van der Waals surface area contributed by atoms with Gasteiger partial charge < -0.3 is 5.73 Å². The SMILES string of the molecule is Cc1ccc(C)c(C(CN)C2CCC2)c1. The number of rotatable bonds is 3. The highest BCUT2D eigenvalue weighted by Gasteiger charge is 2.28. The zero-order chi connectivity index (χ0) is 10.8. The van der Waals surface area contributed by atoms with Crippen molar-refractivity contribution < 1.29 is 0 Å². The molecule has 1 saturated carbocycles. The van der Waals surface area contributed by atoms with Gasteiger partial charge in [-0.2, -0.15) is 0 Å². The summed E-state index contributed by atoms with van der Waals surface area (Å²) in [5.41, 5.74) is 10.2. The molecule has 0 saturated heterocycles. The third-order valence-electron chi connectivity index (χ3n) is 3.81. The highest BCUT2D eigenvalue weighted by molar-refractivity contribution is 5.34. The van der Waals surface area contributed by atoms with Crippen molar-refractivity contribution in [2.75, 3.05) is 6.54 Å². The molecule has 15 heavy (non-hydrogen) atoms. The maximum Gasteiger partial charge on any atom is -0.000546 e. The van der Waals surface area contributed by atoms with Crippen LogP contribution in [0.1, 0.15) is 41.9 Å². The van der Waals surface area contributed by atoms with E-state index in [0.717, 1.165) is 12.5 Å². The van der Waals surface area contributed by atoms with Gasteiger partial charge in [0.05, 0.1) is 0 Å².